The molecule has 0 radical (unpaired) electrons. The molecule has 1 aromatic rings. The molecule has 1 unspecified atom stereocenters. The van der Waals surface area contributed by atoms with Crippen molar-refractivity contribution >= 4 is 37.8 Å². The van der Waals surface area contributed by atoms with E-state index in [0.717, 1.165) is 16.5 Å². The minimum absolute atomic E-state index is 0.0199. The Kier molecular flexibility index (Phi) is 5.49. The van der Waals surface area contributed by atoms with Gasteiger partial charge in [-0.1, -0.05) is 38.8 Å². The highest BCUT2D eigenvalue weighted by molar-refractivity contribution is 9.10. The maximum atomic E-state index is 11.8. The monoisotopic (exact) mass is 347 g/mol. The van der Waals surface area contributed by atoms with Crippen LogP contribution in [0.3, 0.4) is 0 Å². The molecule has 1 atom stereocenters. The highest BCUT2D eigenvalue weighted by Gasteiger charge is 2.08. The number of hydrogen-bond acceptors (Lipinski definition) is 1. The molecule has 1 aromatic carbocycles. The Morgan fingerprint density at radius 2 is 2.19 bits per heavy atom. The van der Waals surface area contributed by atoms with Gasteiger partial charge >= 0.3 is 0 Å². The van der Waals surface area contributed by atoms with Gasteiger partial charge in [0.1, 0.15) is 0 Å². The highest BCUT2D eigenvalue weighted by Crippen LogP contribution is 2.17. The number of halogens is 2. The molecule has 0 aliphatic rings. The molecule has 0 spiro atoms. The maximum absolute atomic E-state index is 11.8. The zero-order valence-electron chi connectivity index (χ0n) is 9.39. The second-order valence-corrected chi connectivity index (χ2v) is 5.83. The molecule has 0 fully saturated rings. The summed E-state index contributed by atoms with van der Waals surface area (Å²) in [5.41, 5.74) is 1.77. The van der Waals surface area contributed by atoms with Crippen LogP contribution >= 0.6 is 31.9 Å². The van der Waals surface area contributed by atoms with Crippen molar-refractivity contribution in [2.75, 3.05) is 6.54 Å². The Bertz CT molecular complexity index is 379. The summed E-state index contributed by atoms with van der Waals surface area (Å²) in [5.74, 6) is -0.0199. The molecule has 1 N–H and O–H groups in total. The fourth-order valence-electron chi connectivity index (χ4n) is 1.24. The van der Waals surface area contributed by atoms with Gasteiger partial charge in [-0.3, -0.25) is 4.79 Å². The predicted octanol–water partition coefficient (Wildman–Crippen LogP) is 3.66. The molecular weight excluding hydrogens is 334 g/mol. The fourth-order valence-corrected chi connectivity index (χ4v) is 1.64. The number of amides is 1. The Morgan fingerprint density at radius 3 is 2.75 bits per heavy atom. The molecule has 0 aliphatic heterocycles. The van der Waals surface area contributed by atoms with E-state index in [1.54, 1.807) is 0 Å². The van der Waals surface area contributed by atoms with E-state index in [1.807, 2.05) is 25.1 Å². The summed E-state index contributed by atoms with van der Waals surface area (Å²) in [4.78, 5) is 12.1. The molecule has 88 valence electrons. The van der Waals surface area contributed by atoms with Gasteiger partial charge in [-0.05, 0) is 37.1 Å². The molecule has 0 aromatic heterocycles. The minimum atomic E-state index is -0.0199. The topological polar surface area (TPSA) is 29.1 Å². The number of nitrogens with one attached hydrogen (secondary N) is 1. The molecule has 0 aliphatic carbocycles. The van der Waals surface area contributed by atoms with Gasteiger partial charge in [0.15, 0.2) is 0 Å². The molecule has 2 nitrogen and oxygen atoms in total. The standard InChI is InChI=1S/C12H15Br2NO/c1-3-10(13)7-15-12(16)9-4-5-11(14)8(2)6-9/h4-6,10H,3,7H2,1-2H3,(H,15,16). The van der Waals surface area contributed by atoms with Crippen LogP contribution in [0, 0.1) is 6.92 Å². The van der Waals surface area contributed by atoms with Crippen LogP contribution in [0.2, 0.25) is 0 Å². The van der Waals surface area contributed by atoms with Crippen molar-refractivity contribution in [2.45, 2.75) is 25.1 Å². The summed E-state index contributed by atoms with van der Waals surface area (Å²) >= 11 is 6.89. The van der Waals surface area contributed by atoms with Crippen molar-refractivity contribution in [1.29, 1.82) is 0 Å². The summed E-state index contributed by atoms with van der Waals surface area (Å²) in [6.07, 6.45) is 1.000. The van der Waals surface area contributed by atoms with Crippen LogP contribution in [0.4, 0.5) is 0 Å². The van der Waals surface area contributed by atoms with Crippen LogP contribution < -0.4 is 5.32 Å². The van der Waals surface area contributed by atoms with Crippen molar-refractivity contribution < 1.29 is 4.79 Å². The molecule has 4 heteroatoms. The molecule has 0 heterocycles. The Balaban J connectivity index is 2.63. The molecule has 1 amide bonds. The number of carbonyl (C=O) groups is 1. The second kappa shape index (κ2) is 6.40. The lowest BCUT2D eigenvalue weighted by atomic mass is 10.1. The van der Waals surface area contributed by atoms with Gasteiger partial charge in [0.2, 0.25) is 0 Å². The first-order chi connectivity index (χ1) is 7.54. The number of aryl methyl sites for hydroxylation is 1. The average Bonchev–Trinajstić information content (AvgIpc) is 2.29. The lowest BCUT2D eigenvalue weighted by Gasteiger charge is -2.09. The molecular formula is C12H15Br2NO. The normalized spacial score (nSPS) is 12.2. The van der Waals surface area contributed by atoms with E-state index in [1.165, 1.54) is 0 Å². The molecule has 0 saturated heterocycles. The Labute approximate surface area is 113 Å². The third-order valence-corrected chi connectivity index (χ3v) is 4.21. The minimum Gasteiger partial charge on any atom is -0.351 e. The lowest BCUT2D eigenvalue weighted by molar-refractivity contribution is 0.0954. The van der Waals surface area contributed by atoms with Crippen molar-refractivity contribution in [1.82, 2.24) is 5.32 Å². The van der Waals surface area contributed by atoms with E-state index in [2.05, 4.69) is 44.1 Å². The van der Waals surface area contributed by atoms with Crippen LogP contribution in [0.5, 0.6) is 0 Å². The third kappa shape index (κ3) is 3.91. The van der Waals surface area contributed by atoms with Crippen LogP contribution in [0.25, 0.3) is 0 Å². The third-order valence-electron chi connectivity index (χ3n) is 2.35. The molecule has 0 saturated carbocycles. The summed E-state index contributed by atoms with van der Waals surface area (Å²) in [6, 6.07) is 5.60. The summed E-state index contributed by atoms with van der Waals surface area (Å²) < 4.78 is 1.02. The van der Waals surface area contributed by atoms with Crippen molar-refractivity contribution in [3.63, 3.8) is 0 Å². The number of alkyl halides is 1. The molecule has 1 rings (SSSR count). The second-order valence-electron chi connectivity index (χ2n) is 3.68. The van der Waals surface area contributed by atoms with Gasteiger partial charge in [0.25, 0.3) is 5.91 Å². The smallest absolute Gasteiger partial charge is 0.251 e. The largest absolute Gasteiger partial charge is 0.351 e. The predicted molar refractivity (Wildman–Crippen MR) is 74.2 cm³/mol. The van der Waals surface area contributed by atoms with E-state index in [0.29, 0.717) is 16.9 Å². The summed E-state index contributed by atoms with van der Waals surface area (Å²) in [5, 5.41) is 2.90. The Morgan fingerprint density at radius 1 is 1.50 bits per heavy atom. The van der Waals surface area contributed by atoms with Crippen molar-refractivity contribution in [3.05, 3.63) is 33.8 Å². The van der Waals surface area contributed by atoms with Gasteiger partial charge in [-0.25, -0.2) is 0 Å². The first-order valence-corrected chi connectivity index (χ1v) is 6.94. The molecule has 0 bridgehead atoms. The van der Waals surface area contributed by atoms with Gasteiger partial charge in [-0.2, -0.15) is 0 Å². The van der Waals surface area contributed by atoms with E-state index >= 15 is 0 Å². The fraction of sp³-hybridized carbons (Fsp3) is 0.417. The van der Waals surface area contributed by atoms with E-state index in [9.17, 15) is 4.79 Å². The number of hydrogen-bond donors (Lipinski definition) is 1. The first-order valence-electron chi connectivity index (χ1n) is 5.23. The van der Waals surface area contributed by atoms with Crippen LogP contribution in [-0.2, 0) is 0 Å². The number of rotatable bonds is 4. The quantitative estimate of drug-likeness (QED) is 0.826. The number of carbonyl (C=O) groups excluding carboxylic acids is 1. The average molecular weight is 349 g/mol. The van der Waals surface area contributed by atoms with E-state index < -0.39 is 0 Å². The zero-order chi connectivity index (χ0) is 12.1. The van der Waals surface area contributed by atoms with Crippen LogP contribution in [0.15, 0.2) is 22.7 Å². The maximum Gasteiger partial charge on any atom is 0.251 e. The summed E-state index contributed by atoms with van der Waals surface area (Å²) in [7, 11) is 0. The van der Waals surface area contributed by atoms with Gasteiger partial charge in [0.05, 0.1) is 0 Å². The molecule has 16 heavy (non-hydrogen) atoms. The van der Waals surface area contributed by atoms with Crippen molar-refractivity contribution in [3.8, 4) is 0 Å². The lowest BCUT2D eigenvalue weighted by Crippen LogP contribution is -2.29. The van der Waals surface area contributed by atoms with Crippen molar-refractivity contribution in [2.24, 2.45) is 0 Å². The summed E-state index contributed by atoms with van der Waals surface area (Å²) in [6.45, 7) is 4.71. The van der Waals surface area contributed by atoms with E-state index in [4.69, 9.17) is 0 Å². The van der Waals surface area contributed by atoms with Gasteiger partial charge < -0.3 is 5.32 Å². The number of benzene rings is 1. The van der Waals surface area contributed by atoms with Crippen LogP contribution in [0.1, 0.15) is 29.3 Å². The highest BCUT2D eigenvalue weighted by atomic mass is 79.9. The van der Waals surface area contributed by atoms with Gasteiger partial charge in [0, 0.05) is 21.4 Å². The van der Waals surface area contributed by atoms with E-state index in [-0.39, 0.29) is 5.91 Å². The zero-order valence-corrected chi connectivity index (χ0v) is 12.6. The first kappa shape index (κ1) is 13.7. The van der Waals surface area contributed by atoms with Gasteiger partial charge in [-0.15, -0.1) is 0 Å². The Hall–Kier alpha value is -0.350. The van der Waals surface area contributed by atoms with Crippen LogP contribution in [-0.4, -0.2) is 17.3 Å². The SMILES string of the molecule is CCC(Br)CNC(=O)c1ccc(Br)c(C)c1.